The highest BCUT2D eigenvalue weighted by Crippen LogP contribution is 2.14. The Morgan fingerprint density at radius 1 is 0.907 bits per heavy atom. The van der Waals surface area contributed by atoms with Gasteiger partial charge in [0.15, 0.2) is 12.4 Å². The number of hydrogen-bond donors (Lipinski definition) is 7. The van der Waals surface area contributed by atoms with Crippen LogP contribution in [-0.4, -0.2) is 101 Å². The van der Waals surface area contributed by atoms with E-state index in [4.69, 9.17) is 20.7 Å². The van der Waals surface area contributed by atoms with Gasteiger partial charge in [-0.3, -0.25) is 28.8 Å². The summed E-state index contributed by atoms with van der Waals surface area (Å²) >= 11 is 1.17. The van der Waals surface area contributed by atoms with Crippen LogP contribution in [0, 0.1) is 5.92 Å². The zero-order chi connectivity index (χ0) is 32.4. The largest absolute Gasteiger partial charge is 0.482 e. The summed E-state index contributed by atoms with van der Waals surface area (Å²) in [5.74, 6) is -4.51. The second kappa shape index (κ2) is 19.9. The number of ketones is 1. The van der Waals surface area contributed by atoms with E-state index in [1.54, 1.807) is 19.1 Å². The van der Waals surface area contributed by atoms with Gasteiger partial charge in [-0.2, -0.15) is 11.8 Å². The Balaban J connectivity index is 2.62. The molecule has 15 nitrogen and oxygen atoms in total. The fourth-order valence-corrected chi connectivity index (χ4v) is 4.37. The standard InChI is InChI=1S/C27H39N5O10S/c1-16(26(40)32-20(7-9-28)17(2)33)14-43-15-23(35)30-12-22(34)31-21(27(41)29-10-8-24(36)37)11-18-3-5-19(6-4-18)42-13-25(38)39/h3-6,16,20-21H,7-15,28H2,1-2H3,(H,29,41)(H,30,35)(H,31,34)(H,32,40)(H,36,37)(H,38,39)/t16-,20-,21-/m0/s1. The molecule has 0 aromatic heterocycles. The molecule has 1 aromatic rings. The number of nitrogens with two attached hydrogens (primary N) is 1. The summed E-state index contributed by atoms with van der Waals surface area (Å²) in [6.45, 7) is 2.15. The Morgan fingerprint density at radius 2 is 1.58 bits per heavy atom. The molecule has 238 valence electrons. The molecule has 0 unspecified atom stereocenters. The van der Waals surface area contributed by atoms with Crippen molar-refractivity contribution >= 4 is 53.1 Å². The zero-order valence-corrected chi connectivity index (χ0v) is 24.9. The van der Waals surface area contributed by atoms with E-state index >= 15 is 0 Å². The minimum absolute atomic E-state index is 0.0172. The number of aliphatic carboxylic acids is 2. The van der Waals surface area contributed by atoms with E-state index in [-0.39, 0.29) is 49.1 Å². The Hall–Kier alpha value is -4.18. The lowest BCUT2D eigenvalue weighted by Crippen LogP contribution is -2.51. The van der Waals surface area contributed by atoms with Crippen molar-refractivity contribution in [2.75, 3.05) is 37.7 Å². The molecule has 0 radical (unpaired) electrons. The van der Waals surface area contributed by atoms with Gasteiger partial charge in [0, 0.05) is 24.6 Å². The average molecular weight is 626 g/mol. The molecule has 8 N–H and O–H groups in total. The van der Waals surface area contributed by atoms with Crippen LogP contribution in [-0.2, 0) is 40.0 Å². The van der Waals surface area contributed by atoms with E-state index in [0.29, 0.717) is 17.7 Å². The summed E-state index contributed by atoms with van der Waals surface area (Å²) in [5.41, 5.74) is 6.07. The summed E-state index contributed by atoms with van der Waals surface area (Å²) in [6.07, 6.45) is 0.0243. The van der Waals surface area contributed by atoms with E-state index in [1.165, 1.54) is 30.8 Å². The molecule has 0 saturated carbocycles. The third kappa shape index (κ3) is 16.1. The minimum Gasteiger partial charge on any atom is -0.482 e. The van der Waals surface area contributed by atoms with Gasteiger partial charge in [-0.1, -0.05) is 19.1 Å². The molecule has 0 aliphatic heterocycles. The summed E-state index contributed by atoms with van der Waals surface area (Å²) in [7, 11) is 0. The van der Waals surface area contributed by atoms with E-state index in [9.17, 15) is 33.6 Å². The lowest BCUT2D eigenvalue weighted by atomic mass is 10.0. The second-order valence-electron chi connectivity index (χ2n) is 9.53. The Kier molecular flexibility index (Phi) is 17.0. The van der Waals surface area contributed by atoms with Gasteiger partial charge in [-0.25, -0.2) is 4.79 Å². The number of Topliss-reactive ketones (excluding diaryl/α,β-unsaturated/α-hetero) is 1. The van der Waals surface area contributed by atoms with Crippen LogP contribution in [0.1, 0.15) is 32.3 Å². The molecule has 0 bridgehead atoms. The van der Waals surface area contributed by atoms with Gasteiger partial charge < -0.3 is 42.0 Å². The Morgan fingerprint density at radius 3 is 2.16 bits per heavy atom. The number of nitrogens with one attached hydrogen (secondary N) is 4. The molecule has 1 aromatic carbocycles. The third-order valence-corrected chi connectivity index (χ3v) is 6.97. The van der Waals surface area contributed by atoms with Crippen molar-refractivity contribution in [3.05, 3.63) is 29.8 Å². The summed E-state index contributed by atoms with van der Waals surface area (Å²) in [4.78, 5) is 82.9. The normalized spacial score (nSPS) is 12.6. The first kappa shape index (κ1) is 36.8. The fourth-order valence-electron chi connectivity index (χ4n) is 3.46. The highest BCUT2D eigenvalue weighted by molar-refractivity contribution is 7.99. The maximum absolute atomic E-state index is 12.7. The number of rotatable bonds is 21. The minimum atomic E-state index is -1.14. The molecule has 1 rings (SSSR count). The number of carbonyl (C=O) groups is 7. The summed E-state index contributed by atoms with van der Waals surface area (Å²) in [5, 5.41) is 27.6. The van der Waals surface area contributed by atoms with Gasteiger partial charge in [0.2, 0.25) is 23.6 Å². The molecule has 0 heterocycles. The number of hydrogen-bond acceptors (Lipinski definition) is 10. The number of ether oxygens (including phenoxy) is 1. The Bertz CT molecular complexity index is 1130. The maximum atomic E-state index is 12.7. The van der Waals surface area contributed by atoms with Crippen molar-refractivity contribution in [2.24, 2.45) is 11.7 Å². The predicted molar refractivity (Wildman–Crippen MR) is 156 cm³/mol. The Labute approximate surface area is 253 Å². The molecule has 4 amide bonds. The smallest absolute Gasteiger partial charge is 0.341 e. The van der Waals surface area contributed by atoms with Gasteiger partial charge in [-0.15, -0.1) is 0 Å². The number of amides is 4. The first-order valence-electron chi connectivity index (χ1n) is 13.4. The molecule has 43 heavy (non-hydrogen) atoms. The third-order valence-electron chi connectivity index (χ3n) is 5.77. The van der Waals surface area contributed by atoms with Crippen LogP contribution in [0.25, 0.3) is 0 Å². The van der Waals surface area contributed by atoms with Crippen molar-refractivity contribution in [3.63, 3.8) is 0 Å². The van der Waals surface area contributed by atoms with E-state index in [2.05, 4.69) is 21.3 Å². The quantitative estimate of drug-likeness (QED) is 0.0841. The second-order valence-corrected chi connectivity index (χ2v) is 10.6. The molecule has 3 atom stereocenters. The zero-order valence-electron chi connectivity index (χ0n) is 24.1. The molecular weight excluding hydrogens is 586 g/mol. The van der Waals surface area contributed by atoms with Crippen LogP contribution in [0.2, 0.25) is 0 Å². The first-order chi connectivity index (χ1) is 20.3. The van der Waals surface area contributed by atoms with Crippen molar-refractivity contribution in [1.82, 2.24) is 21.3 Å². The summed E-state index contributed by atoms with van der Waals surface area (Å²) < 4.78 is 5.07. The van der Waals surface area contributed by atoms with Crippen LogP contribution in [0.5, 0.6) is 5.75 Å². The molecule has 0 saturated heterocycles. The number of thioether (sulfide) groups is 1. The number of benzene rings is 1. The number of carboxylic acid groups (broad SMARTS) is 2. The van der Waals surface area contributed by atoms with Crippen molar-refractivity contribution in [3.8, 4) is 5.75 Å². The number of carboxylic acids is 2. The van der Waals surface area contributed by atoms with E-state index in [1.807, 2.05) is 0 Å². The van der Waals surface area contributed by atoms with Crippen molar-refractivity contribution in [1.29, 1.82) is 0 Å². The number of carbonyl (C=O) groups excluding carboxylic acids is 5. The molecule has 0 aliphatic carbocycles. The van der Waals surface area contributed by atoms with Crippen LogP contribution in [0.3, 0.4) is 0 Å². The first-order valence-corrected chi connectivity index (χ1v) is 14.6. The predicted octanol–water partition coefficient (Wildman–Crippen LogP) is -1.32. The van der Waals surface area contributed by atoms with Crippen LogP contribution >= 0.6 is 11.8 Å². The van der Waals surface area contributed by atoms with E-state index in [0.717, 1.165) is 0 Å². The molecule has 16 heteroatoms. The fraction of sp³-hybridized carbons (Fsp3) is 0.519. The van der Waals surface area contributed by atoms with Crippen molar-refractivity contribution in [2.45, 2.75) is 45.2 Å². The van der Waals surface area contributed by atoms with Crippen LogP contribution in [0.4, 0.5) is 0 Å². The lowest BCUT2D eigenvalue weighted by Gasteiger charge is -2.19. The van der Waals surface area contributed by atoms with Crippen LogP contribution < -0.4 is 31.7 Å². The highest BCUT2D eigenvalue weighted by Gasteiger charge is 2.23. The topological polar surface area (TPSA) is 243 Å². The molecule has 0 fully saturated rings. The molecule has 0 aliphatic rings. The average Bonchev–Trinajstić information content (AvgIpc) is 2.94. The van der Waals surface area contributed by atoms with Gasteiger partial charge in [0.05, 0.1) is 24.8 Å². The maximum Gasteiger partial charge on any atom is 0.341 e. The lowest BCUT2D eigenvalue weighted by molar-refractivity contribution is -0.139. The molecule has 0 spiro atoms. The van der Waals surface area contributed by atoms with E-state index < -0.39 is 60.8 Å². The van der Waals surface area contributed by atoms with Crippen LogP contribution in [0.15, 0.2) is 24.3 Å². The van der Waals surface area contributed by atoms with Gasteiger partial charge >= 0.3 is 11.9 Å². The highest BCUT2D eigenvalue weighted by atomic mass is 32.2. The SMILES string of the molecule is CC(=O)[C@H](CCN)NC(=O)[C@@H](C)CSCC(=O)NCC(=O)N[C@@H](Cc1ccc(OCC(=O)O)cc1)C(=O)NCCC(=O)O. The van der Waals surface area contributed by atoms with Gasteiger partial charge in [0.1, 0.15) is 11.8 Å². The monoisotopic (exact) mass is 625 g/mol. The van der Waals surface area contributed by atoms with Gasteiger partial charge in [0.25, 0.3) is 0 Å². The summed E-state index contributed by atoms with van der Waals surface area (Å²) in [6, 6.07) is 4.41. The molecular formula is C27H39N5O10S. The van der Waals surface area contributed by atoms with Gasteiger partial charge in [-0.05, 0) is 37.6 Å². The van der Waals surface area contributed by atoms with Crippen molar-refractivity contribution < 1.29 is 48.5 Å².